The number of carbonyl (C=O) groups excluding carboxylic acids is 1. The van der Waals surface area contributed by atoms with Crippen LogP contribution in [0.3, 0.4) is 0 Å². The molecule has 0 saturated carbocycles. The highest BCUT2D eigenvalue weighted by molar-refractivity contribution is 5.87. The fourth-order valence-electron chi connectivity index (χ4n) is 1.73. The van der Waals surface area contributed by atoms with Crippen molar-refractivity contribution in [3.8, 4) is 0 Å². The molecule has 0 aromatic carbocycles. The monoisotopic (exact) mass is 274 g/mol. The van der Waals surface area contributed by atoms with E-state index in [1.54, 1.807) is 31.7 Å². The van der Waals surface area contributed by atoms with Crippen molar-refractivity contribution >= 4 is 5.91 Å². The summed E-state index contributed by atoms with van der Waals surface area (Å²) in [5, 5.41) is 0. The van der Waals surface area contributed by atoms with Crippen LogP contribution in [-0.4, -0.2) is 36.1 Å². The molecule has 0 unspecified atom stereocenters. The Labute approximate surface area is 120 Å². The summed E-state index contributed by atoms with van der Waals surface area (Å²) < 4.78 is 5.04. The Morgan fingerprint density at radius 3 is 2.75 bits per heavy atom. The van der Waals surface area contributed by atoms with Crippen molar-refractivity contribution in [2.24, 2.45) is 0 Å². The van der Waals surface area contributed by atoms with E-state index >= 15 is 0 Å². The summed E-state index contributed by atoms with van der Waals surface area (Å²) in [6.07, 6.45) is 11.4. The molecule has 1 heterocycles. The molecule has 1 aromatic heterocycles. The molecule has 0 aliphatic rings. The largest absolute Gasteiger partial charge is 0.385 e. The highest BCUT2D eigenvalue weighted by atomic mass is 16.5. The van der Waals surface area contributed by atoms with Crippen LogP contribution in [0.25, 0.3) is 0 Å². The number of amides is 1. The number of methoxy groups -OCH3 is 1. The lowest BCUT2D eigenvalue weighted by molar-refractivity contribution is -0.126. The number of hydrogen-bond donors (Lipinski definition) is 0. The normalized spacial score (nSPS) is 11.3. The van der Waals surface area contributed by atoms with Gasteiger partial charge in [-0.3, -0.25) is 9.78 Å². The van der Waals surface area contributed by atoms with E-state index < -0.39 is 0 Å². The van der Waals surface area contributed by atoms with E-state index in [0.717, 1.165) is 12.0 Å². The van der Waals surface area contributed by atoms with Gasteiger partial charge in [0.2, 0.25) is 5.91 Å². The molecule has 0 N–H and O–H groups in total. The van der Waals surface area contributed by atoms with Gasteiger partial charge in [0.25, 0.3) is 0 Å². The van der Waals surface area contributed by atoms with Gasteiger partial charge in [-0.1, -0.05) is 18.2 Å². The average molecular weight is 274 g/mol. The van der Waals surface area contributed by atoms with Crippen LogP contribution < -0.4 is 0 Å². The molecule has 0 aliphatic heterocycles. The van der Waals surface area contributed by atoms with Gasteiger partial charge in [0.1, 0.15) is 0 Å². The maximum Gasteiger partial charge on any atom is 0.246 e. The molecule has 0 saturated heterocycles. The summed E-state index contributed by atoms with van der Waals surface area (Å²) in [6.45, 7) is 3.83. The highest BCUT2D eigenvalue weighted by Crippen LogP contribution is 2.05. The fraction of sp³-hybridized carbons (Fsp3) is 0.375. The Kier molecular flexibility index (Phi) is 7.99. The SMILES string of the molecule is CC=CC=CC(=O)N(CCCOC)Cc1ccncc1. The van der Waals surface area contributed by atoms with E-state index in [1.807, 2.05) is 36.1 Å². The Bertz CT molecular complexity index is 441. The van der Waals surface area contributed by atoms with Gasteiger partial charge in [0.05, 0.1) is 0 Å². The molecule has 0 atom stereocenters. The number of hydrogen-bond acceptors (Lipinski definition) is 3. The topological polar surface area (TPSA) is 42.4 Å². The van der Waals surface area contributed by atoms with Crippen LogP contribution in [0.2, 0.25) is 0 Å². The van der Waals surface area contributed by atoms with E-state index in [0.29, 0.717) is 19.7 Å². The quantitative estimate of drug-likeness (QED) is 0.416. The van der Waals surface area contributed by atoms with Crippen molar-refractivity contribution < 1.29 is 9.53 Å². The third-order valence-corrected chi connectivity index (χ3v) is 2.75. The Morgan fingerprint density at radius 1 is 1.35 bits per heavy atom. The second-order valence-electron chi connectivity index (χ2n) is 4.35. The molecular formula is C16H22N2O2. The zero-order valence-corrected chi connectivity index (χ0v) is 12.2. The molecule has 1 amide bonds. The van der Waals surface area contributed by atoms with Gasteiger partial charge in [0.15, 0.2) is 0 Å². The summed E-state index contributed by atoms with van der Waals surface area (Å²) in [5.41, 5.74) is 1.07. The van der Waals surface area contributed by atoms with Gasteiger partial charge in [-0.05, 0) is 31.0 Å². The van der Waals surface area contributed by atoms with Crippen LogP contribution in [0.15, 0.2) is 48.8 Å². The van der Waals surface area contributed by atoms with Gasteiger partial charge < -0.3 is 9.64 Å². The van der Waals surface area contributed by atoms with Gasteiger partial charge in [-0.2, -0.15) is 0 Å². The van der Waals surface area contributed by atoms with E-state index in [2.05, 4.69) is 4.98 Å². The minimum Gasteiger partial charge on any atom is -0.385 e. The third-order valence-electron chi connectivity index (χ3n) is 2.75. The van der Waals surface area contributed by atoms with Crippen molar-refractivity contribution in [1.29, 1.82) is 0 Å². The summed E-state index contributed by atoms with van der Waals surface area (Å²) in [6, 6.07) is 3.85. The Morgan fingerprint density at radius 2 is 2.10 bits per heavy atom. The van der Waals surface area contributed by atoms with Crippen molar-refractivity contribution in [3.05, 3.63) is 54.4 Å². The highest BCUT2D eigenvalue weighted by Gasteiger charge is 2.10. The van der Waals surface area contributed by atoms with E-state index in [1.165, 1.54) is 0 Å². The zero-order valence-electron chi connectivity index (χ0n) is 12.2. The van der Waals surface area contributed by atoms with Gasteiger partial charge in [-0.15, -0.1) is 0 Å². The maximum absolute atomic E-state index is 12.2. The molecular weight excluding hydrogens is 252 g/mol. The van der Waals surface area contributed by atoms with Crippen molar-refractivity contribution in [3.63, 3.8) is 0 Å². The number of nitrogens with zero attached hydrogens (tertiary/aromatic N) is 2. The first kappa shape index (κ1) is 16.1. The summed E-state index contributed by atoms with van der Waals surface area (Å²) >= 11 is 0. The second-order valence-corrected chi connectivity index (χ2v) is 4.35. The molecule has 20 heavy (non-hydrogen) atoms. The van der Waals surface area contributed by atoms with Gasteiger partial charge in [-0.25, -0.2) is 0 Å². The number of allylic oxidation sites excluding steroid dienone is 3. The summed E-state index contributed by atoms with van der Waals surface area (Å²) in [5.74, 6) is 0.0102. The number of carbonyl (C=O) groups is 1. The van der Waals surface area contributed by atoms with Crippen LogP contribution in [0.5, 0.6) is 0 Å². The summed E-state index contributed by atoms with van der Waals surface area (Å²) in [7, 11) is 1.67. The van der Waals surface area contributed by atoms with Crippen molar-refractivity contribution in [2.45, 2.75) is 19.9 Å². The van der Waals surface area contributed by atoms with Crippen molar-refractivity contribution in [1.82, 2.24) is 9.88 Å². The van der Waals surface area contributed by atoms with Crippen LogP contribution in [0, 0.1) is 0 Å². The first-order valence-electron chi connectivity index (χ1n) is 6.74. The first-order chi connectivity index (χ1) is 9.77. The minimum absolute atomic E-state index is 0.0102. The first-order valence-corrected chi connectivity index (χ1v) is 6.74. The predicted molar refractivity (Wildman–Crippen MR) is 80.1 cm³/mol. The van der Waals surface area contributed by atoms with E-state index in [4.69, 9.17) is 4.74 Å². The fourth-order valence-corrected chi connectivity index (χ4v) is 1.73. The molecule has 0 radical (unpaired) electrons. The number of pyridine rings is 1. The molecule has 1 aromatic rings. The lowest BCUT2D eigenvalue weighted by Crippen LogP contribution is -2.30. The molecule has 1 rings (SSSR count). The number of aromatic nitrogens is 1. The maximum atomic E-state index is 12.2. The molecule has 108 valence electrons. The molecule has 4 heteroatoms. The smallest absolute Gasteiger partial charge is 0.246 e. The minimum atomic E-state index is 0.0102. The molecule has 0 spiro atoms. The van der Waals surface area contributed by atoms with Crippen molar-refractivity contribution in [2.75, 3.05) is 20.3 Å². The van der Waals surface area contributed by atoms with Crippen LogP contribution in [0.4, 0.5) is 0 Å². The Balaban J connectivity index is 2.66. The van der Waals surface area contributed by atoms with Crippen LogP contribution in [-0.2, 0) is 16.1 Å². The van der Waals surface area contributed by atoms with Gasteiger partial charge >= 0.3 is 0 Å². The lowest BCUT2D eigenvalue weighted by atomic mass is 10.2. The number of ether oxygens (including phenoxy) is 1. The Hall–Kier alpha value is -1.94. The number of rotatable bonds is 8. The van der Waals surface area contributed by atoms with Crippen LogP contribution >= 0.6 is 0 Å². The van der Waals surface area contributed by atoms with E-state index in [9.17, 15) is 4.79 Å². The summed E-state index contributed by atoms with van der Waals surface area (Å²) in [4.78, 5) is 18.0. The molecule has 4 nitrogen and oxygen atoms in total. The second kappa shape index (κ2) is 9.92. The zero-order chi connectivity index (χ0) is 14.6. The lowest BCUT2D eigenvalue weighted by Gasteiger charge is -2.21. The third kappa shape index (κ3) is 6.29. The van der Waals surface area contributed by atoms with Gasteiger partial charge in [0, 0.05) is 45.3 Å². The standard InChI is InChI=1S/C16H22N2O2/c1-3-4-5-7-16(19)18(12-6-13-20-2)14-15-8-10-17-11-9-15/h3-5,7-11H,6,12-14H2,1-2H3. The average Bonchev–Trinajstić information content (AvgIpc) is 2.47. The molecule has 0 fully saturated rings. The molecule has 0 bridgehead atoms. The molecule has 0 aliphatic carbocycles. The van der Waals surface area contributed by atoms with E-state index in [-0.39, 0.29) is 5.91 Å². The van der Waals surface area contributed by atoms with Crippen LogP contribution in [0.1, 0.15) is 18.9 Å². The predicted octanol–water partition coefficient (Wildman–Crippen LogP) is 2.58.